The lowest BCUT2D eigenvalue weighted by molar-refractivity contribution is 0.569. The molecule has 142 valence electrons. The van der Waals surface area contributed by atoms with Crippen LogP contribution in [0.5, 0.6) is 0 Å². The number of nitrogens with one attached hydrogen (secondary N) is 3. The van der Waals surface area contributed by atoms with E-state index in [0.29, 0.717) is 12.6 Å². The maximum absolute atomic E-state index is 11.9. The minimum Gasteiger partial charge on any atom is -0.357 e. The largest absolute Gasteiger partial charge is 0.357 e. The summed E-state index contributed by atoms with van der Waals surface area (Å²) in [6, 6.07) is 8.04. The van der Waals surface area contributed by atoms with E-state index in [1.54, 1.807) is 0 Å². The third-order valence-corrected chi connectivity index (χ3v) is 5.02. The Morgan fingerprint density at radius 3 is 2.32 bits per heavy atom. The first kappa shape index (κ1) is 22.2. The van der Waals surface area contributed by atoms with E-state index in [0.717, 1.165) is 23.6 Å². The van der Waals surface area contributed by atoms with Crippen molar-refractivity contribution in [3.8, 4) is 0 Å². The normalized spacial score (nSPS) is 15.0. The van der Waals surface area contributed by atoms with Crippen molar-refractivity contribution in [3.05, 3.63) is 35.4 Å². The van der Waals surface area contributed by atoms with E-state index in [1.807, 2.05) is 45.0 Å². The van der Waals surface area contributed by atoms with Crippen LogP contribution in [-0.2, 0) is 22.3 Å². The molecule has 0 atom stereocenters. The van der Waals surface area contributed by atoms with Crippen molar-refractivity contribution in [1.82, 2.24) is 15.4 Å². The van der Waals surface area contributed by atoms with E-state index >= 15 is 0 Å². The van der Waals surface area contributed by atoms with Crippen LogP contribution in [0.2, 0.25) is 0 Å². The summed E-state index contributed by atoms with van der Waals surface area (Å²) in [5.74, 6) is 0.841. The van der Waals surface area contributed by atoms with Crippen molar-refractivity contribution in [2.24, 2.45) is 4.99 Å². The molecule has 1 saturated carbocycles. The van der Waals surface area contributed by atoms with Gasteiger partial charge in [-0.25, -0.2) is 18.1 Å². The molecule has 6 nitrogen and oxygen atoms in total. The van der Waals surface area contributed by atoms with E-state index in [1.165, 1.54) is 12.8 Å². The molecular formula is C17H29IN4O2S. The number of sulfonamides is 1. The molecule has 0 saturated heterocycles. The molecule has 0 unspecified atom stereocenters. The summed E-state index contributed by atoms with van der Waals surface area (Å²) in [7, 11) is -3.28. The van der Waals surface area contributed by atoms with Gasteiger partial charge in [0.1, 0.15) is 0 Å². The lowest BCUT2D eigenvalue weighted by Gasteiger charge is -2.11. The number of rotatable bonds is 8. The molecule has 0 aromatic heterocycles. The lowest BCUT2D eigenvalue weighted by Crippen LogP contribution is -2.38. The summed E-state index contributed by atoms with van der Waals surface area (Å²) in [6.45, 7) is 7.08. The quantitative estimate of drug-likeness (QED) is 0.303. The summed E-state index contributed by atoms with van der Waals surface area (Å²) in [4.78, 5) is 4.57. The fourth-order valence-electron chi connectivity index (χ4n) is 2.27. The Kier molecular flexibility index (Phi) is 9.15. The molecule has 1 aliphatic rings. The van der Waals surface area contributed by atoms with Crippen LogP contribution < -0.4 is 15.4 Å². The predicted molar refractivity (Wildman–Crippen MR) is 114 cm³/mol. The van der Waals surface area contributed by atoms with Crippen LogP contribution in [0.1, 0.15) is 44.7 Å². The Bertz CT molecular complexity index is 656. The molecule has 0 amide bonds. The van der Waals surface area contributed by atoms with E-state index < -0.39 is 10.0 Å². The zero-order valence-electron chi connectivity index (χ0n) is 15.1. The van der Waals surface area contributed by atoms with Crippen molar-refractivity contribution in [2.45, 2.75) is 58.0 Å². The minimum absolute atomic E-state index is 0. The zero-order valence-corrected chi connectivity index (χ0v) is 18.2. The molecule has 2 rings (SSSR count). The third-order valence-electron chi connectivity index (χ3n) is 3.48. The van der Waals surface area contributed by atoms with Crippen LogP contribution in [0.3, 0.4) is 0 Å². The monoisotopic (exact) mass is 480 g/mol. The second-order valence-electron chi connectivity index (χ2n) is 6.46. The maximum Gasteiger partial charge on any atom is 0.216 e. The first-order valence-electron chi connectivity index (χ1n) is 8.50. The molecule has 1 aromatic rings. The van der Waals surface area contributed by atoms with Crippen LogP contribution in [0, 0.1) is 0 Å². The van der Waals surface area contributed by atoms with E-state index in [4.69, 9.17) is 0 Å². The first-order valence-corrected chi connectivity index (χ1v) is 10.2. The molecule has 0 spiro atoms. The van der Waals surface area contributed by atoms with Gasteiger partial charge in [-0.05, 0) is 44.7 Å². The Morgan fingerprint density at radius 1 is 1.20 bits per heavy atom. The van der Waals surface area contributed by atoms with Gasteiger partial charge >= 0.3 is 0 Å². The standard InChI is InChI=1S/C17H28N4O2S.HI/c1-4-18-17(20-16-9-10-16)19-11-14-5-7-15(8-6-14)12-24(22,23)21-13(2)3;/h5-8,13,16,21H,4,9-12H2,1-3H3,(H2,18,19,20);1H. The summed E-state index contributed by atoms with van der Waals surface area (Å²) in [6.07, 6.45) is 2.41. The van der Waals surface area contributed by atoms with E-state index in [-0.39, 0.29) is 35.8 Å². The van der Waals surface area contributed by atoms with Gasteiger partial charge in [-0.1, -0.05) is 24.3 Å². The minimum atomic E-state index is -3.28. The highest BCUT2D eigenvalue weighted by Crippen LogP contribution is 2.18. The van der Waals surface area contributed by atoms with Gasteiger partial charge in [0, 0.05) is 18.6 Å². The van der Waals surface area contributed by atoms with Crippen molar-refractivity contribution < 1.29 is 8.42 Å². The topological polar surface area (TPSA) is 82.6 Å². The van der Waals surface area contributed by atoms with Crippen LogP contribution >= 0.6 is 24.0 Å². The number of benzene rings is 1. The lowest BCUT2D eigenvalue weighted by atomic mass is 10.1. The number of nitrogens with zero attached hydrogens (tertiary/aromatic N) is 1. The fraction of sp³-hybridized carbons (Fsp3) is 0.588. The molecule has 3 N–H and O–H groups in total. The summed E-state index contributed by atoms with van der Waals surface area (Å²) >= 11 is 0. The van der Waals surface area contributed by atoms with Crippen molar-refractivity contribution in [3.63, 3.8) is 0 Å². The van der Waals surface area contributed by atoms with Crippen molar-refractivity contribution >= 4 is 40.0 Å². The predicted octanol–water partition coefficient (Wildman–Crippen LogP) is 2.35. The molecule has 1 fully saturated rings. The van der Waals surface area contributed by atoms with Gasteiger partial charge in [0.05, 0.1) is 12.3 Å². The second-order valence-corrected chi connectivity index (χ2v) is 8.22. The Balaban J connectivity index is 0.00000312. The smallest absolute Gasteiger partial charge is 0.216 e. The number of guanidine groups is 1. The summed E-state index contributed by atoms with van der Waals surface area (Å²) < 4.78 is 26.5. The van der Waals surface area contributed by atoms with Gasteiger partial charge in [-0.2, -0.15) is 0 Å². The highest BCUT2D eigenvalue weighted by atomic mass is 127. The van der Waals surface area contributed by atoms with Gasteiger partial charge in [-0.3, -0.25) is 0 Å². The summed E-state index contributed by atoms with van der Waals surface area (Å²) in [5, 5.41) is 6.61. The molecular weight excluding hydrogens is 451 g/mol. The SMILES string of the molecule is CCNC(=NCc1ccc(CS(=O)(=O)NC(C)C)cc1)NC1CC1.I. The fourth-order valence-corrected chi connectivity index (χ4v) is 3.71. The number of hydrogen-bond acceptors (Lipinski definition) is 3. The molecule has 1 aliphatic carbocycles. The molecule has 0 radical (unpaired) electrons. The average Bonchev–Trinajstić information content (AvgIpc) is 3.28. The molecule has 8 heteroatoms. The number of hydrogen-bond donors (Lipinski definition) is 3. The molecule has 0 bridgehead atoms. The van der Waals surface area contributed by atoms with Crippen molar-refractivity contribution in [2.75, 3.05) is 6.54 Å². The molecule has 0 heterocycles. The Morgan fingerprint density at radius 2 is 1.80 bits per heavy atom. The highest BCUT2D eigenvalue weighted by Gasteiger charge is 2.22. The summed E-state index contributed by atoms with van der Waals surface area (Å²) in [5.41, 5.74) is 1.83. The third kappa shape index (κ3) is 8.87. The zero-order chi connectivity index (χ0) is 17.6. The van der Waals surface area contributed by atoms with Crippen LogP contribution in [0.25, 0.3) is 0 Å². The maximum atomic E-state index is 11.9. The highest BCUT2D eigenvalue weighted by molar-refractivity contribution is 14.0. The number of aliphatic imine (C=N–C) groups is 1. The van der Waals surface area contributed by atoms with Crippen LogP contribution in [-0.4, -0.2) is 33.0 Å². The van der Waals surface area contributed by atoms with Gasteiger partial charge in [0.2, 0.25) is 10.0 Å². The van der Waals surface area contributed by atoms with Crippen molar-refractivity contribution in [1.29, 1.82) is 0 Å². The molecule has 25 heavy (non-hydrogen) atoms. The molecule has 1 aromatic carbocycles. The number of halogens is 1. The van der Waals surface area contributed by atoms with Gasteiger partial charge in [-0.15, -0.1) is 24.0 Å². The van der Waals surface area contributed by atoms with E-state index in [9.17, 15) is 8.42 Å². The van der Waals surface area contributed by atoms with E-state index in [2.05, 4.69) is 20.3 Å². The van der Waals surface area contributed by atoms with Gasteiger partial charge in [0.15, 0.2) is 5.96 Å². The molecule has 0 aliphatic heterocycles. The first-order chi connectivity index (χ1) is 11.4. The van der Waals surface area contributed by atoms with Crippen LogP contribution in [0.4, 0.5) is 0 Å². The Labute approximate surface area is 168 Å². The van der Waals surface area contributed by atoms with Gasteiger partial charge in [0.25, 0.3) is 0 Å². The van der Waals surface area contributed by atoms with Crippen LogP contribution in [0.15, 0.2) is 29.3 Å². The average molecular weight is 480 g/mol. The van der Waals surface area contributed by atoms with Gasteiger partial charge < -0.3 is 10.6 Å². The Hall–Kier alpha value is -0.870. The second kappa shape index (κ2) is 10.3.